The molecular formula is C17H16N4O3. The molecule has 7 nitrogen and oxygen atoms in total. The number of fused-ring (bicyclic) bond motifs is 1. The van der Waals surface area contributed by atoms with Crippen molar-refractivity contribution in [2.24, 2.45) is 0 Å². The van der Waals surface area contributed by atoms with E-state index in [4.69, 9.17) is 0 Å². The molecule has 2 N–H and O–H groups in total. The van der Waals surface area contributed by atoms with E-state index in [0.717, 1.165) is 0 Å². The maximum atomic E-state index is 12.4. The average Bonchev–Trinajstić information content (AvgIpc) is 2.59. The topological polar surface area (TPSA) is 91.4 Å². The van der Waals surface area contributed by atoms with Crippen molar-refractivity contribution in [3.8, 4) is 0 Å². The van der Waals surface area contributed by atoms with Gasteiger partial charge in [0.25, 0.3) is 0 Å². The molecule has 122 valence electrons. The third-order valence-electron chi connectivity index (χ3n) is 3.57. The van der Waals surface area contributed by atoms with Crippen LogP contribution in [0.25, 0.3) is 0 Å². The van der Waals surface area contributed by atoms with Crippen LogP contribution in [0.5, 0.6) is 0 Å². The molecule has 0 spiro atoms. The molecular weight excluding hydrogens is 308 g/mol. The fraction of sp³-hybridized carbons (Fsp3) is 0.176. The van der Waals surface area contributed by atoms with Crippen LogP contribution < -0.4 is 15.5 Å². The lowest BCUT2D eigenvalue weighted by Gasteiger charge is -2.29. The van der Waals surface area contributed by atoms with E-state index in [1.807, 2.05) is 0 Å². The first-order valence-corrected chi connectivity index (χ1v) is 7.53. The molecule has 2 aromatic rings. The summed E-state index contributed by atoms with van der Waals surface area (Å²) in [6.45, 7) is -0.0439. The first kappa shape index (κ1) is 15.7. The molecule has 3 rings (SSSR count). The summed E-state index contributed by atoms with van der Waals surface area (Å²) in [7, 11) is 0. The molecule has 1 aliphatic heterocycles. The summed E-state index contributed by atoms with van der Waals surface area (Å²) in [5.41, 5.74) is 1.24. The van der Waals surface area contributed by atoms with Gasteiger partial charge in [-0.1, -0.05) is 18.2 Å². The van der Waals surface area contributed by atoms with Gasteiger partial charge in [-0.15, -0.1) is 0 Å². The van der Waals surface area contributed by atoms with Crippen molar-refractivity contribution < 1.29 is 14.4 Å². The Balaban J connectivity index is 1.61. The van der Waals surface area contributed by atoms with Crippen LogP contribution in [0.3, 0.4) is 0 Å². The van der Waals surface area contributed by atoms with Crippen LogP contribution in [0.4, 0.5) is 17.2 Å². The first-order chi connectivity index (χ1) is 11.6. The van der Waals surface area contributed by atoms with Gasteiger partial charge in [-0.3, -0.25) is 14.4 Å². The molecule has 0 radical (unpaired) electrons. The number of anilines is 3. The normalized spacial score (nSPS) is 13.0. The zero-order valence-electron chi connectivity index (χ0n) is 12.9. The maximum Gasteiger partial charge on any atom is 0.244 e. The van der Waals surface area contributed by atoms with Crippen molar-refractivity contribution in [1.29, 1.82) is 0 Å². The number of para-hydroxylation sites is 2. The summed E-state index contributed by atoms with van der Waals surface area (Å²) in [6.07, 6.45) is 1.61. The number of carbonyl (C=O) groups excluding carboxylic acids is 3. The standard InChI is InChI=1S/C17H16N4O3/c22-15(20-14-7-3-4-10-18-14)8-9-17(24)21-11-16(23)19-12-5-1-2-6-13(12)21/h1-7,10H,8-9,11H2,(H,19,23)(H,18,20,22). The SMILES string of the molecule is O=C(CCC(=O)N1CC(=O)Nc2ccccc21)Nc1ccccn1. The van der Waals surface area contributed by atoms with E-state index in [0.29, 0.717) is 17.2 Å². The number of amides is 3. The predicted molar refractivity (Wildman–Crippen MR) is 89.5 cm³/mol. The number of rotatable bonds is 4. The summed E-state index contributed by atoms with van der Waals surface area (Å²) in [4.78, 5) is 41.4. The Labute approximate surface area is 138 Å². The molecule has 24 heavy (non-hydrogen) atoms. The Bertz CT molecular complexity index is 776. The van der Waals surface area contributed by atoms with Crippen molar-refractivity contribution in [2.75, 3.05) is 22.1 Å². The monoisotopic (exact) mass is 324 g/mol. The van der Waals surface area contributed by atoms with Crippen LogP contribution in [0.2, 0.25) is 0 Å². The molecule has 0 aliphatic carbocycles. The third-order valence-corrected chi connectivity index (χ3v) is 3.57. The van der Waals surface area contributed by atoms with Gasteiger partial charge in [-0.05, 0) is 24.3 Å². The Hall–Kier alpha value is -3.22. The summed E-state index contributed by atoms with van der Waals surface area (Å²) in [6, 6.07) is 12.3. The Morgan fingerprint density at radius 1 is 1.12 bits per heavy atom. The van der Waals surface area contributed by atoms with Gasteiger partial charge in [-0.2, -0.15) is 0 Å². The molecule has 0 saturated heterocycles. The van der Waals surface area contributed by atoms with Gasteiger partial charge in [0.2, 0.25) is 17.7 Å². The van der Waals surface area contributed by atoms with Gasteiger partial charge >= 0.3 is 0 Å². The molecule has 2 heterocycles. The number of aromatic nitrogens is 1. The van der Waals surface area contributed by atoms with Crippen molar-refractivity contribution >= 4 is 34.9 Å². The minimum absolute atomic E-state index is 0.0142. The van der Waals surface area contributed by atoms with Gasteiger partial charge in [0.1, 0.15) is 12.4 Å². The maximum absolute atomic E-state index is 12.4. The van der Waals surface area contributed by atoms with E-state index in [1.54, 1.807) is 48.7 Å². The van der Waals surface area contributed by atoms with Crippen LogP contribution >= 0.6 is 0 Å². The second-order valence-corrected chi connectivity index (χ2v) is 5.31. The zero-order valence-corrected chi connectivity index (χ0v) is 12.9. The van der Waals surface area contributed by atoms with Gasteiger partial charge in [0, 0.05) is 19.0 Å². The molecule has 0 bridgehead atoms. The Kier molecular flexibility index (Phi) is 4.51. The molecule has 7 heteroatoms. The second kappa shape index (κ2) is 6.91. The number of pyridine rings is 1. The van der Waals surface area contributed by atoms with E-state index in [2.05, 4.69) is 15.6 Å². The van der Waals surface area contributed by atoms with Gasteiger partial charge < -0.3 is 15.5 Å². The lowest BCUT2D eigenvalue weighted by Crippen LogP contribution is -2.42. The largest absolute Gasteiger partial charge is 0.323 e. The van der Waals surface area contributed by atoms with Crippen LogP contribution in [-0.4, -0.2) is 29.3 Å². The number of hydrogen-bond acceptors (Lipinski definition) is 4. The zero-order chi connectivity index (χ0) is 16.9. The smallest absolute Gasteiger partial charge is 0.244 e. The molecule has 0 saturated carbocycles. The third kappa shape index (κ3) is 3.57. The number of benzene rings is 1. The minimum Gasteiger partial charge on any atom is -0.323 e. The highest BCUT2D eigenvalue weighted by Gasteiger charge is 2.26. The number of nitrogens with zero attached hydrogens (tertiary/aromatic N) is 2. The van der Waals surface area contributed by atoms with E-state index >= 15 is 0 Å². The molecule has 0 unspecified atom stereocenters. The Morgan fingerprint density at radius 3 is 2.71 bits per heavy atom. The molecule has 0 atom stereocenters. The van der Waals surface area contributed by atoms with Gasteiger partial charge in [-0.25, -0.2) is 4.98 Å². The summed E-state index contributed by atoms with van der Waals surface area (Å²) < 4.78 is 0. The molecule has 1 aromatic carbocycles. The fourth-order valence-electron chi connectivity index (χ4n) is 2.45. The van der Waals surface area contributed by atoms with E-state index in [9.17, 15) is 14.4 Å². The quantitative estimate of drug-likeness (QED) is 0.897. The van der Waals surface area contributed by atoms with Crippen molar-refractivity contribution in [3.05, 3.63) is 48.7 Å². The van der Waals surface area contributed by atoms with Crippen LogP contribution in [0.1, 0.15) is 12.8 Å². The van der Waals surface area contributed by atoms with Gasteiger partial charge in [0.05, 0.1) is 11.4 Å². The highest BCUT2D eigenvalue weighted by Crippen LogP contribution is 2.29. The number of nitrogens with one attached hydrogen (secondary N) is 2. The van der Waals surface area contributed by atoms with Gasteiger partial charge in [0.15, 0.2) is 0 Å². The van der Waals surface area contributed by atoms with E-state index in [1.165, 1.54) is 4.90 Å². The van der Waals surface area contributed by atoms with Crippen molar-refractivity contribution in [2.45, 2.75) is 12.8 Å². The average molecular weight is 324 g/mol. The number of carbonyl (C=O) groups is 3. The predicted octanol–water partition coefficient (Wildman–Crippen LogP) is 1.79. The molecule has 1 aliphatic rings. The van der Waals surface area contributed by atoms with E-state index < -0.39 is 0 Å². The van der Waals surface area contributed by atoms with Crippen molar-refractivity contribution in [1.82, 2.24) is 4.98 Å². The Morgan fingerprint density at radius 2 is 1.92 bits per heavy atom. The van der Waals surface area contributed by atoms with Crippen LogP contribution in [0.15, 0.2) is 48.7 Å². The summed E-state index contributed by atoms with van der Waals surface area (Å²) >= 11 is 0. The lowest BCUT2D eigenvalue weighted by atomic mass is 10.1. The van der Waals surface area contributed by atoms with Crippen molar-refractivity contribution in [3.63, 3.8) is 0 Å². The molecule has 3 amide bonds. The number of hydrogen-bond donors (Lipinski definition) is 2. The second-order valence-electron chi connectivity index (χ2n) is 5.31. The van der Waals surface area contributed by atoms with Crippen LogP contribution in [-0.2, 0) is 14.4 Å². The first-order valence-electron chi connectivity index (χ1n) is 7.53. The summed E-state index contributed by atoms with van der Waals surface area (Å²) in [5, 5.41) is 5.35. The van der Waals surface area contributed by atoms with Crippen LogP contribution in [0, 0.1) is 0 Å². The van der Waals surface area contributed by atoms with E-state index in [-0.39, 0.29) is 37.1 Å². The lowest BCUT2D eigenvalue weighted by molar-refractivity contribution is -0.124. The highest BCUT2D eigenvalue weighted by atomic mass is 16.2. The fourth-order valence-corrected chi connectivity index (χ4v) is 2.45. The minimum atomic E-state index is -0.295. The highest BCUT2D eigenvalue weighted by molar-refractivity contribution is 6.10. The summed E-state index contributed by atoms with van der Waals surface area (Å²) in [5.74, 6) is -0.372. The molecule has 0 fully saturated rings. The molecule has 1 aromatic heterocycles.